The molecule has 1 atom stereocenters. The van der Waals surface area contributed by atoms with Gasteiger partial charge in [0.2, 0.25) is 0 Å². The van der Waals surface area contributed by atoms with Crippen molar-refractivity contribution >= 4 is 10.9 Å². The Bertz CT molecular complexity index is 824. The second-order valence-electron chi connectivity index (χ2n) is 8.24. The first-order chi connectivity index (χ1) is 14.2. The molecule has 1 aromatic heterocycles. The molecule has 5 nitrogen and oxygen atoms in total. The van der Waals surface area contributed by atoms with Crippen LogP contribution < -0.4 is 10.9 Å². The van der Waals surface area contributed by atoms with E-state index in [1.54, 1.807) is 7.11 Å². The zero-order valence-electron chi connectivity index (χ0n) is 18.3. The maximum Gasteiger partial charge on any atom is 0.251 e. The molecule has 2 aromatic rings. The van der Waals surface area contributed by atoms with Gasteiger partial charge in [-0.2, -0.15) is 0 Å². The normalized spacial score (nSPS) is 17.1. The Kier molecular flexibility index (Phi) is 8.28. The van der Waals surface area contributed by atoms with Gasteiger partial charge in [0.15, 0.2) is 0 Å². The molecule has 2 heterocycles. The second kappa shape index (κ2) is 10.9. The van der Waals surface area contributed by atoms with Crippen LogP contribution in [0, 0.1) is 0 Å². The Hall–Kier alpha value is -1.69. The molecular weight excluding hydrogens is 362 g/mol. The summed E-state index contributed by atoms with van der Waals surface area (Å²) in [6, 6.07) is 9.73. The van der Waals surface area contributed by atoms with Crippen LogP contribution >= 0.6 is 0 Å². The zero-order valence-corrected chi connectivity index (χ0v) is 18.3. The SMILES string of the molecule is CCCCC(c1ccc2[nH]c(=O)c(CC)cc2c1)N1CCC(NCCOC)CC1. The molecule has 1 saturated heterocycles. The number of aromatic nitrogens is 1. The molecule has 2 N–H and O–H groups in total. The number of aryl methyl sites for hydroxylation is 1. The Balaban J connectivity index is 1.76. The van der Waals surface area contributed by atoms with Crippen molar-refractivity contribution in [3.05, 3.63) is 45.7 Å². The summed E-state index contributed by atoms with van der Waals surface area (Å²) in [6.07, 6.45) is 6.78. The highest BCUT2D eigenvalue weighted by Gasteiger charge is 2.25. The van der Waals surface area contributed by atoms with Gasteiger partial charge in [-0.1, -0.05) is 32.8 Å². The van der Waals surface area contributed by atoms with Crippen LogP contribution in [0.15, 0.2) is 29.1 Å². The molecule has 1 aliphatic heterocycles. The van der Waals surface area contributed by atoms with E-state index in [2.05, 4.69) is 46.4 Å². The summed E-state index contributed by atoms with van der Waals surface area (Å²) < 4.78 is 5.16. The summed E-state index contributed by atoms with van der Waals surface area (Å²) >= 11 is 0. The summed E-state index contributed by atoms with van der Waals surface area (Å²) in [7, 11) is 1.76. The maximum absolute atomic E-state index is 12.1. The molecule has 29 heavy (non-hydrogen) atoms. The van der Waals surface area contributed by atoms with E-state index in [0.717, 1.165) is 49.1 Å². The summed E-state index contributed by atoms with van der Waals surface area (Å²) in [6.45, 7) is 8.27. The van der Waals surface area contributed by atoms with Gasteiger partial charge in [0.25, 0.3) is 5.56 Å². The van der Waals surface area contributed by atoms with Gasteiger partial charge >= 0.3 is 0 Å². The molecule has 1 unspecified atom stereocenters. The third kappa shape index (κ3) is 5.68. The predicted octanol–water partition coefficient (Wildman–Crippen LogP) is 4.02. The molecule has 0 bridgehead atoms. The quantitative estimate of drug-likeness (QED) is 0.593. The number of likely N-dealkylation sites (tertiary alicyclic amines) is 1. The van der Waals surface area contributed by atoms with Crippen LogP contribution in [0.3, 0.4) is 0 Å². The molecule has 0 radical (unpaired) electrons. The number of hydrogen-bond acceptors (Lipinski definition) is 4. The number of methoxy groups -OCH3 is 1. The summed E-state index contributed by atoms with van der Waals surface area (Å²) in [4.78, 5) is 17.8. The standard InChI is InChI=1S/C24H37N3O2/c1-4-6-7-23(27-13-10-21(11-14-27)25-12-15-29-3)19-8-9-22-20(17-19)16-18(5-2)24(28)26-22/h8-9,16-17,21,23,25H,4-7,10-15H2,1-3H3,(H,26,28). The fraction of sp³-hybridized carbons (Fsp3) is 0.625. The largest absolute Gasteiger partial charge is 0.383 e. The molecule has 0 spiro atoms. The third-order valence-corrected chi connectivity index (χ3v) is 6.25. The minimum absolute atomic E-state index is 0.0401. The first-order valence-electron chi connectivity index (χ1n) is 11.3. The Morgan fingerprint density at radius 3 is 2.72 bits per heavy atom. The van der Waals surface area contributed by atoms with Crippen LogP contribution in [0.25, 0.3) is 10.9 Å². The van der Waals surface area contributed by atoms with Gasteiger partial charge in [0.05, 0.1) is 6.61 Å². The van der Waals surface area contributed by atoms with Crippen molar-refractivity contribution in [2.45, 2.75) is 64.5 Å². The first kappa shape index (κ1) is 22.0. The Morgan fingerprint density at radius 1 is 1.24 bits per heavy atom. The average molecular weight is 400 g/mol. The van der Waals surface area contributed by atoms with Crippen LogP contribution in [-0.4, -0.2) is 49.3 Å². The van der Waals surface area contributed by atoms with Crippen LogP contribution in [-0.2, 0) is 11.2 Å². The molecular formula is C24H37N3O2. The molecule has 0 saturated carbocycles. The third-order valence-electron chi connectivity index (χ3n) is 6.25. The zero-order chi connectivity index (χ0) is 20.6. The smallest absolute Gasteiger partial charge is 0.251 e. The number of unbranched alkanes of at least 4 members (excludes halogenated alkanes) is 1. The van der Waals surface area contributed by atoms with Crippen molar-refractivity contribution in [1.29, 1.82) is 0 Å². The Labute approximate surface area is 174 Å². The summed E-state index contributed by atoms with van der Waals surface area (Å²) in [5.74, 6) is 0. The number of fused-ring (bicyclic) bond motifs is 1. The van der Waals surface area contributed by atoms with Gasteiger partial charge in [0, 0.05) is 49.9 Å². The van der Waals surface area contributed by atoms with Gasteiger partial charge < -0.3 is 15.0 Å². The number of ether oxygens (including phenoxy) is 1. The van der Waals surface area contributed by atoms with Crippen molar-refractivity contribution in [1.82, 2.24) is 15.2 Å². The van der Waals surface area contributed by atoms with E-state index in [9.17, 15) is 4.79 Å². The van der Waals surface area contributed by atoms with E-state index in [1.165, 1.54) is 37.7 Å². The number of pyridine rings is 1. The Morgan fingerprint density at radius 2 is 2.03 bits per heavy atom. The lowest BCUT2D eigenvalue weighted by molar-refractivity contribution is 0.129. The lowest BCUT2D eigenvalue weighted by Crippen LogP contribution is -2.44. The molecule has 0 amide bonds. The molecule has 1 aromatic carbocycles. The van der Waals surface area contributed by atoms with E-state index >= 15 is 0 Å². The predicted molar refractivity (Wildman–Crippen MR) is 121 cm³/mol. The van der Waals surface area contributed by atoms with Gasteiger partial charge in [-0.15, -0.1) is 0 Å². The minimum atomic E-state index is 0.0401. The number of hydrogen-bond donors (Lipinski definition) is 2. The van der Waals surface area contributed by atoms with E-state index in [4.69, 9.17) is 4.74 Å². The summed E-state index contributed by atoms with van der Waals surface area (Å²) in [5, 5.41) is 4.77. The maximum atomic E-state index is 12.1. The van der Waals surface area contributed by atoms with Gasteiger partial charge in [-0.3, -0.25) is 9.69 Å². The van der Waals surface area contributed by atoms with Crippen molar-refractivity contribution < 1.29 is 4.74 Å². The monoisotopic (exact) mass is 399 g/mol. The first-order valence-corrected chi connectivity index (χ1v) is 11.3. The summed E-state index contributed by atoms with van der Waals surface area (Å²) in [5.41, 5.74) is 3.22. The number of piperidine rings is 1. The van der Waals surface area contributed by atoms with Crippen LogP contribution in [0.1, 0.15) is 63.1 Å². The topological polar surface area (TPSA) is 57.4 Å². The van der Waals surface area contributed by atoms with E-state index in [0.29, 0.717) is 12.1 Å². The number of nitrogens with one attached hydrogen (secondary N) is 2. The van der Waals surface area contributed by atoms with Crippen LogP contribution in [0.4, 0.5) is 0 Å². The van der Waals surface area contributed by atoms with Gasteiger partial charge in [-0.25, -0.2) is 0 Å². The molecule has 3 rings (SSSR count). The van der Waals surface area contributed by atoms with Crippen LogP contribution in [0.2, 0.25) is 0 Å². The van der Waals surface area contributed by atoms with Gasteiger partial charge in [0.1, 0.15) is 0 Å². The van der Waals surface area contributed by atoms with Crippen molar-refractivity contribution in [3.63, 3.8) is 0 Å². The minimum Gasteiger partial charge on any atom is -0.383 e. The molecule has 5 heteroatoms. The van der Waals surface area contributed by atoms with E-state index < -0.39 is 0 Å². The number of rotatable bonds is 10. The lowest BCUT2D eigenvalue weighted by atomic mass is 9.94. The molecule has 160 valence electrons. The highest BCUT2D eigenvalue weighted by atomic mass is 16.5. The van der Waals surface area contributed by atoms with Crippen molar-refractivity contribution in [2.75, 3.05) is 33.4 Å². The number of aromatic amines is 1. The molecule has 1 aliphatic rings. The van der Waals surface area contributed by atoms with Crippen LogP contribution in [0.5, 0.6) is 0 Å². The fourth-order valence-electron chi connectivity index (χ4n) is 4.48. The van der Waals surface area contributed by atoms with Gasteiger partial charge in [-0.05, 0) is 54.8 Å². The van der Waals surface area contributed by atoms with E-state index in [-0.39, 0.29) is 5.56 Å². The average Bonchev–Trinajstić information content (AvgIpc) is 2.74. The number of nitrogens with zero attached hydrogens (tertiary/aromatic N) is 1. The van der Waals surface area contributed by atoms with Crippen molar-refractivity contribution in [3.8, 4) is 0 Å². The number of benzene rings is 1. The highest BCUT2D eigenvalue weighted by molar-refractivity contribution is 5.79. The second-order valence-corrected chi connectivity index (χ2v) is 8.24. The lowest BCUT2D eigenvalue weighted by Gasteiger charge is -2.38. The fourth-order valence-corrected chi connectivity index (χ4v) is 4.48. The molecule has 1 fully saturated rings. The van der Waals surface area contributed by atoms with Crippen molar-refractivity contribution in [2.24, 2.45) is 0 Å². The number of H-pyrrole nitrogens is 1. The highest BCUT2D eigenvalue weighted by Crippen LogP contribution is 2.31. The molecule has 0 aliphatic carbocycles. The van der Waals surface area contributed by atoms with E-state index in [1.807, 2.05) is 6.92 Å².